The second-order valence-electron chi connectivity index (χ2n) is 4.74. The van der Waals surface area contributed by atoms with E-state index in [0.717, 1.165) is 20.1 Å². The molecule has 0 radical (unpaired) electrons. The topological polar surface area (TPSA) is 18.5 Å². The van der Waals surface area contributed by atoms with Crippen LogP contribution in [0.5, 0.6) is 0 Å². The first-order chi connectivity index (χ1) is 10.2. The van der Waals surface area contributed by atoms with Crippen molar-refractivity contribution < 1.29 is 9.47 Å². The third-order valence-corrected chi connectivity index (χ3v) is 5.39. The van der Waals surface area contributed by atoms with Crippen LogP contribution in [0.3, 0.4) is 0 Å². The van der Waals surface area contributed by atoms with Gasteiger partial charge in [-0.1, -0.05) is 84.2 Å². The Hall–Kier alpha value is -0.200. The van der Waals surface area contributed by atoms with Gasteiger partial charge in [-0.25, -0.2) is 0 Å². The lowest BCUT2D eigenvalue weighted by Gasteiger charge is -2.19. The zero-order valence-corrected chi connectivity index (χ0v) is 15.8. The standard InChI is InChI=1S/C16H13Br3O2/c17-9-14-20-15(10-5-1-3-7-12(10)18)16(21-14)11-6-2-4-8-13(11)19/h1-8,14-16H,9H2/t15-,16-/m0/s1. The summed E-state index contributed by atoms with van der Waals surface area (Å²) in [6.45, 7) is 0. The summed E-state index contributed by atoms with van der Waals surface area (Å²) in [5.41, 5.74) is 2.20. The maximum absolute atomic E-state index is 6.08. The molecule has 2 nitrogen and oxygen atoms in total. The molecule has 1 aliphatic heterocycles. The van der Waals surface area contributed by atoms with Gasteiger partial charge >= 0.3 is 0 Å². The van der Waals surface area contributed by atoms with Crippen LogP contribution in [0.25, 0.3) is 0 Å². The monoisotopic (exact) mass is 474 g/mol. The molecule has 110 valence electrons. The Morgan fingerprint density at radius 1 is 0.762 bits per heavy atom. The van der Waals surface area contributed by atoms with Crippen molar-refractivity contribution in [3.8, 4) is 0 Å². The Bertz CT molecular complexity index is 579. The Labute approximate surface area is 149 Å². The molecule has 0 unspecified atom stereocenters. The van der Waals surface area contributed by atoms with Crippen molar-refractivity contribution in [2.24, 2.45) is 0 Å². The summed E-state index contributed by atoms with van der Waals surface area (Å²) in [6, 6.07) is 16.2. The fourth-order valence-corrected chi connectivity index (χ4v) is 3.79. The number of halogens is 3. The van der Waals surface area contributed by atoms with Crippen molar-refractivity contribution in [2.45, 2.75) is 18.5 Å². The molecule has 3 rings (SSSR count). The van der Waals surface area contributed by atoms with Crippen LogP contribution in [0.1, 0.15) is 23.3 Å². The number of ether oxygens (including phenoxy) is 2. The summed E-state index contributed by atoms with van der Waals surface area (Å²) in [5, 5.41) is 0.648. The lowest BCUT2D eigenvalue weighted by molar-refractivity contribution is -0.0470. The second-order valence-corrected chi connectivity index (χ2v) is 7.10. The highest BCUT2D eigenvalue weighted by Gasteiger charge is 2.39. The first-order valence-electron chi connectivity index (χ1n) is 6.56. The number of hydrogen-bond donors (Lipinski definition) is 0. The molecule has 21 heavy (non-hydrogen) atoms. The fourth-order valence-electron chi connectivity index (χ4n) is 2.46. The summed E-state index contributed by atoms with van der Waals surface area (Å²) >= 11 is 10.7. The molecule has 5 heteroatoms. The van der Waals surface area contributed by atoms with Gasteiger partial charge in [-0.05, 0) is 23.3 Å². The summed E-state index contributed by atoms with van der Waals surface area (Å²) in [4.78, 5) is 0. The van der Waals surface area contributed by atoms with E-state index in [0.29, 0.717) is 5.33 Å². The van der Waals surface area contributed by atoms with Crippen molar-refractivity contribution in [1.29, 1.82) is 0 Å². The Kier molecular flexibility index (Phi) is 5.17. The van der Waals surface area contributed by atoms with E-state index in [4.69, 9.17) is 9.47 Å². The van der Waals surface area contributed by atoms with Gasteiger partial charge in [-0.15, -0.1) is 0 Å². The molecular weight excluding hydrogens is 464 g/mol. The van der Waals surface area contributed by atoms with E-state index in [1.54, 1.807) is 0 Å². The zero-order chi connectivity index (χ0) is 14.8. The Morgan fingerprint density at radius 2 is 1.19 bits per heavy atom. The first kappa shape index (κ1) is 15.7. The fraction of sp³-hybridized carbons (Fsp3) is 0.250. The van der Waals surface area contributed by atoms with Gasteiger partial charge in [0.1, 0.15) is 12.2 Å². The van der Waals surface area contributed by atoms with Crippen LogP contribution in [0, 0.1) is 0 Å². The molecule has 1 heterocycles. The lowest BCUT2D eigenvalue weighted by atomic mass is 9.98. The Morgan fingerprint density at radius 3 is 1.57 bits per heavy atom. The van der Waals surface area contributed by atoms with Gasteiger partial charge in [0.15, 0.2) is 6.29 Å². The molecule has 2 atom stereocenters. The summed E-state index contributed by atoms with van der Waals surface area (Å²) in [6.07, 6.45) is -0.525. The van der Waals surface area contributed by atoms with Gasteiger partial charge in [0.2, 0.25) is 0 Å². The molecule has 0 amide bonds. The van der Waals surface area contributed by atoms with Crippen molar-refractivity contribution >= 4 is 47.8 Å². The third kappa shape index (κ3) is 3.27. The molecule has 2 aromatic carbocycles. The molecule has 2 aromatic rings. The van der Waals surface area contributed by atoms with Crippen LogP contribution in [0.2, 0.25) is 0 Å². The van der Waals surface area contributed by atoms with E-state index in [9.17, 15) is 0 Å². The van der Waals surface area contributed by atoms with Crippen LogP contribution in [-0.2, 0) is 9.47 Å². The molecular formula is C16H13Br3O2. The number of hydrogen-bond acceptors (Lipinski definition) is 2. The minimum Gasteiger partial charge on any atom is -0.341 e. The molecule has 0 saturated carbocycles. The average molecular weight is 477 g/mol. The van der Waals surface area contributed by atoms with Crippen molar-refractivity contribution in [2.75, 3.05) is 5.33 Å². The molecule has 1 fully saturated rings. The van der Waals surface area contributed by atoms with Crippen molar-refractivity contribution in [3.05, 3.63) is 68.6 Å². The van der Waals surface area contributed by atoms with Crippen LogP contribution in [-0.4, -0.2) is 11.6 Å². The van der Waals surface area contributed by atoms with Gasteiger partial charge in [-0.2, -0.15) is 0 Å². The summed E-state index contributed by atoms with van der Waals surface area (Å²) < 4.78 is 14.2. The zero-order valence-electron chi connectivity index (χ0n) is 11.0. The highest BCUT2D eigenvalue weighted by atomic mass is 79.9. The van der Waals surface area contributed by atoms with Crippen LogP contribution >= 0.6 is 47.8 Å². The number of rotatable bonds is 3. The lowest BCUT2D eigenvalue weighted by Crippen LogP contribution is -2.09. The van der Waals surface area contributed by atoms with Crippen molar-refractivity contribution in [3.63, 3.8) is 0 Å². The molecule has 1 saturated heterocycles. The molecule has 0 spiro atoms. The highest BCUT2D eigenvalue weighted by molar-refractivity contribution is 9.11. The van der Waals surface area contributed by atoms with Gasteiger partial charge in [0.05, 0.1) is 5.33 Å². The average Bonchev–Trinajstić information content (AvgIpc) is 2.92. The van der Waals surface area contributed by atoms with Gasteiger partial charge in [0, 0.05) is 8.95 Å². The largest absolute Gasteiger partial charge is 0.341 e. The second kappa shape index (κ2) is 6.92. The minimum atomic E-state index is -0.251. The predicted octanol–water partition coefficient (Wildman–Crippen LogP) is 5.76. The van der Waals surface area contributed by atoms with E-state index in [-0.39, 0.29) is 18.5 Å². The van der Waals surface area contributed by atoms with Crippen LogP contribution in [0.4, 0.5) is 0 Å². The van der Waals surface area contributed by atoms with Gasteiger partial charge < -0.3 is 9.47 Å². The molecule has 0 aromatic heterocycles. The van der Waals surface area contributed by atoms with Crippen LogP contribution < -0.4 is 0 Å². The molecule has 1 aliphatic rings. The third-order valence-electron chi connectivity index (χ3n) is 3.42. The molecule has 0 N–H and O–H groups in total. The van der Waals surface area contributed by atoms with E-state index in [2.05, 4.69) is 59.9 Å². The van der Waals surface area contributed by atoms with E-state index < -0.39 is 0 Å². The first-order valence-corrected chi connectivity index (χ1v) is 9.27. The predicted molar refractivity (Wildman–Crippen MR) is 93.5 cm³/mol. The summed E-state index contributed by atoms with van der Waals surface area (Å²) in [7, 11) is 0. The smallest absolute Gasteiger partial charge is 0.169 e. The maximum Gasteiger partial charge on any atom is 0.169 e. The van der Waals surface area contributed by atoms with Gasteiger partial charge in [0.25, 0.3) is 0 Å². The normalized spacial score (nSPS) is 22.6. The summed E-state index contributed by atoms with van der Waals surface area (Å²) in [5.74, 6) is 0. The van der Waals surface area contributed by atoms with E-state index in [1.807, 2.05) is 36.4 Å². The molecule has 0 bridgehead atoms. The SMILES string of the molecule is BrCC1O[C@@H](c2ccccc2Br)[C@H](c2ccccc2Br)O1. The number of benzene rings is 2. The number of alkyl halides is 1. The van der Waals surface area contributed by atoms with Crippen LogP contribution in [0.15, 0.2) is 57.5 Å². The Balaban J connectivity index is 2.01. The minimum absolute atomic E-state index is 0.137. The molecule has 0 aliphatic carbocycles. The highest BCUT2D eigenvalue weighted by Crippen LogP contribution is 2.46. The van der Waals surface area contributed by atoms with E-state index >= 15 is 0 Å². The van der Waals surface area contributed by atoms with Gasteiger partial charge in [-0.3, -0.25) is 0 Å². The quantitative estimate of drug-likeness (QED) is 0.524. The maximum atomic E-state index is 6.08. The van der Waals surface area contributed by atoms with E-state index in [1.165, 1.54) is 0 Å². The van der Waals surface area contributed by atoms with Crippen molar-refractivity contribution in [1.82, 2.24) is 0 Å².